The zero-order valence-corrected chi connectivity index (χ0v) is 10.6. The van der Waals surface area contributed by atoms with E-state index in [1.165, 1.54) is 11.1 Å². The molecule has 1 N–H and O–H groups in total. The zero-order chi connectivity index (χ0) is 13.0. The molecule has 0 aliphatic heterocycles. The largest absolute Gasteiger partial charge is 0.381 e. The van der Waals surface area contributed by atoms with Crippen molar-refractivity contribution in [3.63, 3.8) is 0 Å². The molecule has 0 unspecified atom stereocenters. The van der Waals surface area contributed by atoms with Crippen molar-refractivity contribution in [1.29, 1.82) is 5.26 Å². The molecule has 0 radical (unpaired) electrons. The van der Waals surface area contributed by atoms with Crippen LogP contribution < -0.4 is 5.32 Å². The average Bonchev–Trinajstić information content (AvgIpc) is 2.38. The van der Waals surface area contributed by atoms with E-state index in [1.807, 2.05) is 37.4 Å². The average molecular weight is 237 g/mol. The molecule has 1 aromatic carbocycles. The summed E-state index contributed by atoms with van der Waals surface area (Å²) in [5.74, 6) is 0. The van der Waals surface area contributed by atoms with Gasteiger partial charge in [-0.15, -0.1) is 0 Å². The van der Waals surface area contributed by atoms with Gasteiger partial charge < -0.3 is 5.32 Å². The van der Waals surface area contributed by atoms with E-state index < -0.39 is 0 Å². The quantitative estimate of drug-likeness (QED) is 0.891. The molecule has 0 aliphatic rings. The lowest BCUT2D eigenvalue weighted by molar-refractivity contribution is 1.08. The predicted octanol–water partition coefficient (Wildman–Crippen LogP) is 3.18. The Morgan fingerprint density at radius 3 is 2.72 bits per heavy atom. The van der Waals surface area contributed by atoms with Crippen molar-refractivity contribution in [3.8, 4) is 6.07 Å². The van der Waals surface area contributed by atoms with E-state index in [-0.39, 0.29) is 0 Å². The number of rotatable bonds is 3. The van der Waals surface area contributed by atoms with Crippen LogP contribution in [0.4, 0.5) is 5.69 Å². The molecule has 2 rings (SSSR count). The fraction of sp³-hybridized carbons (Fsp3) is 0.200. The number of hydrogen-bond donors (Lipinski definition) is 1. The predicted molar refractivity (Wildman–Crippen MR) is 72.2 cm³/mol. The van der Waals surface area contributed by atoms with E-state index in [1.54, 1.807) is 6.20 Å². The maximum atomic E-state index is 8.87. The lowest BCUT2D eigenvalue weighted by atomic mass is 10.1. The molecule has 0 spiro atoms. The van der Waals surface area contributed by atoms with Gasteiger partial charge >= 0.3 is 0 Å². The minimum Gasteiger partial charge on any atom is -0.381 e. The number of aromatic nitrogens is 1. The summed E-state index contributed by atoms with van der Waals surface area (Å²) < 4.78 is 0. The number of hydrogen-bond acceptors (Lipinski definition) is 3. The lowest BCUT2D eigenvalue weighted by Crippen LogP contribution is -2.02. The molecule has 0 saturated carbocycles. The third kappa shape index (κ3) is 2.67. The van der Waals surface area contributed by atoms with Crippen LogP contribution in [0.5, 0.6) is 0 Å². The second-order valence-electron chi connectivity index (χ2n) is 4.30. The highest BCUT2D eigenvalue weighted by atomic mass is 14.9. The molecule has 3 heteroatoms. The van der Waals surface area contributed by atoms with Gasteiger partial charge in [0.25, 0.3) is 0 Å². The van der Waals surface area contributed by atoms with E-state index in [4.69, 9.17) is 5.26 Å². The molecule has 18 heavy (non-hydrogen) atoms. The summed E-state index contributed by atoms with van der Waals surface area (Å²) in [5, 5.41) is 12.2. The van der Waals surface area contributed by atoms with Crippen LogP contribution in [0.2, 0.25) is 0 Å². The van der Waals surface area contributed by atoms with Crippen LogP contribution in [0.15, 0.2) is 36.7 Å². The summed E-state index contributed by atoms with van der Waals surface area (Å²) in [6.45, 7) is 4.76. The molecule has 2 aromatic rings. The molecule has 90 valence electrons. The fourth-order valence-corrected chi connectivity index (χ4v) is 1.78. The number of nitrogens with one attached hydrogen (secondary N) is 1. The molecule has 3 nitrogen and oxygen atoms in total. The van der Waals surface area contributed by atoms with Crippen LogP contribution in [0.3, 0.4) is 0 Å². The molecule has 1 heterocycles. The first-order valence-electron chi connectivity index (χ1n) is 5.85. The molecule has 0 aliphatic carbocycles. The van der Waals surface area contributed by atoms with Gasteiger partial charge in [-0.05, 0) is 54.8 Å². The highest BCUT2D eigenvalue weighted by Crippen LogP contribution is 2.16. The highest BCUT2D eigenvalue weighted by molar-refractivity contribution is 5.51. The van der Waals surface area contributed by atoms with Gasteiger partial charge in [-0.3, -0.25) is 4.98 Å². The van der Waals surface area contributed by atoms with Crippen molar-refractivity contribution >= 4 is 5.69 Å². The second kappa shape index (κ2) is 5.33. The number of pyridine rings is 1. The van der Waals surface area contributed by atoms with E-state index in [0.717, 1.165) is 23.4 Å². The fourth-order valence-electron chi connectivity index (χ4n) is 1.78. The molecular formula is C15H15N3. The van der Waals surface area contributed by atoms with Crippen molar-refractivity contribution in [1.82, 2.24) is 4.98 Å². The van der Waals surface area contributed by atoms with Gasteiger partial charge in [-0.2, -0.15) is 5.26 Å². The molecule has 1 aromatic heterocycles. The van der Waals surface area contributed by atoms with E-state index in [2.05, 4.69) is 23.3 Å². The third-order valence-corrected chi connectivity index (χ3v) is 2.98. The number of anilines is 1. The Hall–Kier alpha value is -2.34. The van der Waals surface area contributed by atoms with Crippen molar-refractivity contribution in [3.05, 3.63) is 58.9 Å². The topological polar surface area (TPSA) is 48.7 Å². The van der Waals surface area contributed by atoms with Gasteiger partial charge in [0.2, 0.25) is 0 Å². The minimum absolute atomic E-state index is 0.720. The van der Waals surface area contributed by atoms with Crippen LogP contribution in [0.1, 0.15) is 22.3 Å². The number of benzene rings is 1. The third-order valence-electron chi connectivity index (χ3n) is 2.98. The van der Waals surface area contributed by atoms with E-state index in [0.29, 0.717) is 0 Å². The van der Waals surface area contributed by atoms with Gasteiger partial charge in [0, 0.05) is 24.6 Å². The van der Waals surface area contributed by atoms with Gasteiger partial charge in [-0.25, -0.2) is 0 Å². The van der Waals surface area contributed by atoms with Crippen LogP contribution in [0.25, 0.3) is 0 Å². The van der Waals surface area contributed by atoms with Gasteiger partial charge in [0.05, 0.1) is 11.6 Å². The summed E-state index contributed by atoms with van der Waals surface area (Å²) in [6.07, 6.45) is 3.67. The van der Waals surface area contributed by atoms with Crippen LogP contribution in [0, 0.1) is 25.2 Å². The second-order valence-corrected chi connectivity index (χ2v) is 4.30. The van der Waals surface area contributed by atoms with Crippen molar-refractivity contribution < 1.29 is 0 Å². The first-order chi connectivity index (χ1) is 8.70. The van der Waals surface area contributed by atoms with E-state index >= 15 is 0 Å². The Bertz CT molecular complexity index is 597. The van der Waals surface area contributed by atoms with Crippen LogP contribution in [-0.2, 0) is 6.54 Å². The number of nitrogens with zero attached hydrogens (tertiary/aromatic N) is 2. The SMILES string of the molecule is Cc1cc(NCc2cnccc2C)ccc1C#N. The van der Waals surface area contributed by atoms with Crippen molar-refractivity contribution in [2.24, 2.45) is 0 Å². The van der Waals surface area contributed by atoms with Crippen LogP contribution >= 0.6 is 0 Å². The van der Waals surface area contributed by atoms with E-state index in [9.17, 15) is 0 Å². The van der Waals surface area contributed by atoms with Gasteiger partial charge in [-0.1, -0.05) is 0 Å². The van der Waals surface area contributed by atoms with Crippen molar-refractivity contribution in [2.45, 2.75) is 20.4 Å². The standard InChI is InChI=1S/C15H15N3/c1-11-5-6-17-9-14(11)10-18-15-4-3-13(8-16)12(2)7-15/h3-7,9,18H,10H2,1-2H3. The van der Waals surface area contributed by atoms with Crippen LogP contribution in [-0.4, -0.2) is 4.98 Å². The Morgan fingerprint density at radius 2 is 2.06 bits per heavy atom. The zero-order valence-electron chi connectivity index (χ0n) is 10.6. The Kier molecular flexibility index (Phi) is 3.59. The lowest BCUT2D eigenvalue weighted by Gasteiger charge is -2.09. The number of aryl methyl sites for hydroxylation is 2. The normalized spacial score (nSPS) is 9.83. The smallest absolute Gasteiger partial charge is 0.0994 e. The molecule has 0 atom stereocenters. The van der Waals surface area contributed by atoms with Gasteiger partial charge in [0.1, 0.15) is 0 Å². The molecule has 0 bridgehead atoms. The molecule has 0 saturated heterocycles. The summed E-state index contributed by atoms with van der Waals surface area (Å²) in [4.78, 5) is 4.12. The molecule has 0 amide bonds. The maximum Gasteiger partial charge on any atom is 0.0994 e. The van der Waals surface area contributed by atoms with Crippen molar-refractivity contribution in [2.75, 3.05) is 5.32 Å². The molecular weight excluding hydrogens is 222 g/mol. The summed E-state index contributed by atoms with van der Waals surface area (Å²) in [5.41, 5.74) is 5.14. The maximum absolute atomic E-state index is 8.87. The summed E-state index contributed by atoms with van der Waals surface area (Å²) >= 11 is 0. The monoisotopic (exact) mass is 237 g/mol. The Balaban J connectivity index is 2.10. The minimum atomic E-state index is 0.720. The highest BCUT2D eigenvalue weighted by Gasteiger charge is 2.00. The first-order valence-corrected chi connectivity index (χ1v) is 5.85. The Morgan fingerprint density at radius 1 is 1.22 bits per heavy atom. The molecule has 0 fully saturated rings. The van der Waals surface area contributed by atoms with Gasteiger partial charge in [0.15, 0.2) is 0 Å². The first kappa shape index (κ1) is 12.1. The summed E-state index contributed by atoms with van der Waals surface area (Å²) in [6, 6.07) is 9.93. The Labute approximate surface area is 107 Å². The number of nitriles is 1. The summed E-state index contributed by atoms with van der Waals surface area (Å²) in [7, 11) is 0.